The number of thioether (sulfide) groups is 1. The second kappa shape index (κ2) is 7.02. The Labute approximate surface area is 154 Å². The lowest BCUT2D eigenvalue weighted by atomic mass is 9.91. The fourth-order valence-electron chi connectivity index (χ4n) is 3.72. The Bertz CT molecular complexity index is 631. The van der Waals surface area contributed by atoms with Crippen molar-refractivity contribution < 1.29 is 9.59 Å². The van der Waals surface area contributed by atoms with Crippen LogP contribution >= 0.6 is 11.8 Å². The zero-order chi connectivity index (χ0) is 18.1. The molecule has 2 amide bonds. The van der Waals surface area contributed by atoms with E-state index in [0.29, 0.717) is 6.42 Å². The van der Waals surface area contributed by atoms with Crippen molar-refractivity contribution in [1.82, 2.24) is 9.80 Å². The van der Waals surface area contributed by atoms with Crippen LogP contribution in [0, 0.1) is 5.41 Å². The van der Waals surface area contributed by atoms with Crippen LogP contribution in [-0.4, -0.2) is 51.9 Å². The molecule has 2 aliphatic rings. The summed E-state index contributed by atoms with van der Waals surface area (Å²) in [6.45, 7) is 8.60. The van der Waals surface area contributed by atoms with E-state index in [9.17, 15) is 9.59 Å². The minimum atomic E-state index is -0.133. The number of benzene rings is 1. The molecule has 4 nitrogen and oxygen atoms in total. The quantitative estimate of drug-likeness (QED) is 0.809. The third-order valence-corrected chi connectivity index (χ3v) is 6.58. The first-order valence-electron chi connectivity index (χ1n) is 9.10. The number of hydrogen-bond donors (Lipinski definition) is 0. The largest absolute Gasteiger partial charge is 0.342 e. The Morgan fingerprint density at radius 3 is 2.32 bits per heavy atom. The molecular weight excluding hydrogens is 332 g/mol. The highest BCUT2D eigenvalue weighted by Crippen LogP contribution is 2.44. The zero-order valence-corrected chi connectivity index (χ0v) is 16.3. The van der Waals surface area contributed by atoms with Crippen molar-refractivity contribution in [3.05, 3.63) is 35.9 Å². The first kappa shape index (κ1) is 18.3. The average Bonchev–Trinajstić information content (AvgIpc) is 2.97. The fraction of sp³-hybridized carbons (Fsp3) is 0.600. The summed E-state index contributed by atoms with van der Waals surface area (Å²) in [7, 11) is 0. The lowest BCUT2D eigenvalue weighted by molar-refractivity contribution is -0.134. The molecule has 1 spiro atoms. The van der Waals surface area contributed by atoms with E-state index in [2.05, 4.69) is 25.7 Å². The Hall–Kier alpha value is -1.49. The van der Waals surface area contributed by atoms with Crippen LogP contribution in [0.2, 0.25) is 0 Å². The monoisotopic (exact) mass is 360 g/mol. The van der Waals surface area contributed by atoms with Crippen LogP contribution < -0.4 is 0 Å². The number of likely N-dealkylation sites (tertiary alicyclic amines) is 1. The van der Waals surface area contributed by atoms with Gasteiger partial charge in [-0.15, -0.1) is 11.8 Å². The first-order valence-corrected chi connectivity index (χ1v) is 10.1. The summed E-state index contributed by atoms with van der Waals surface area (Å²) >= 11 is 1.89. The van der Waals surface area contributed by atoms with Crippen molar-refractivity contribution in [3.8, 4) is 0 Å². The highest BCUT2D eigenvalue weighted by atomic mass is 32.2. The molecule has 0 bridgehead atoms. The summed E-state index contributed by atoms with van der Waals surface area (Å²) in [5.74, 6) is 1.35. The smallest absolute Gasteiger partial charge is 0.254 e. The lowest BCUT2D eigenvalue weighted by Crippen LogP contribution is -2.53. The van der Waals surface area contributed by atoms with Gasteiger partial charge in [-0.1, -0.05) is 39.0 Å². The SMILES string of the molecule is CC(C)(C)CC(=O)N1CCC2(CC1)SCCN2C(=O)c1ccccc1. The van der Waals surface area contributed by atoms with Crippen LogP contribution in [0.15, 0.2) is 30.3 Å². The van der Waals surface area contributed by atoms with Gasteiger partial charge >= 0.3 is 0 Å². The van der Waals surface area contributed by atoms with Gasteiger partial charge in [0.15, 0.2) is 0 Å². The minimum absolute atomic E-state index is 0.0175. The van der Waals surface area contributed by atoms with Crippen molar-refractivity contribution in [2.24, 2.45) is 5.41 Å². The molecule has 0 radical (unpaired) electrons. The molecular formula is C20H28N2O2S. The molecule has 136 valence electrons. The molecule has 2 heterocycles. The van der Waals surface area contributed by atoms with Gasteiger partial charge in [0.1, 0.15) is 0 Å². The highest BCUT2D eigenvalue weighted by Gasteiger charge is 2.47. The van der Waals surface area contributed by atoms with E-state index in [4.69, 9.17) is 0 Å². The standard InChI is InChI=1S/C20H28N2O2S/c1-19(2,3)15-17(23)21-11-9-20(10-12-21)22(13-14-25-20)18(24)16-7-5-4-6-8-16/h4-8H,9-15H2,1-3H3. The molecule has 3 rings (SSSR count). The van der Waals surface area contributed by atoms with Gasteiger partial charge in [-0.25, -0.2) is 0 Å². The van der Waals surface area contributed by atoms with E-state index >= 15 is 0 Å². The molecule has 2 fully saturated rings. The lowest BCUT2D eigenvalue weighted by Gasteiger charge is -2.44. The average molecular weight is 361 g/mol. The van der Waals surface area contributed by atoms with E-state index < -0.39 is 0 Å². The van der Waals surface area contributed by atoms with Gasteiger partial charge < -0.3 is 9.80 Å². The maximum Gasteiger partial charge on any atom is 0.254 e. The van der Waals surface area contributed by atoms with Crippen molar-refractivity contribution in [2.45, 2.75) is 44.9 Å². The number of nitrogens with zero attached hydrogens (tertiary/aromatic N) is 2. The van der Waals surface area contributed by atoms with Gasteiger partial charge in [-0.05, 0) is 30.4 Å². The summed E-state index contributed by atoms with van der Waals surface area (Å²) in [6.07, 6.45) is 2.32. The maximum absolute atomic E-state index is 13.0. The van der Waals surface area contributed by atoms with Gasteiger partial charge in [0.2, 0.25) is 5.91 Å². The third-order valence-electron chi connectivity index (χ3n) is 5.02. The Kier molecular flexibility index (Phi) is 5.14. The predicted molar refractivity (Wildman–Crippen MR) is 103 cm³/mol. The van der Waals surface area contributed by atoms with Crippen molar-refractivity contribution in [3.63, 3.8) is 0 Å². The van der Waals surface area contributed by atoms with Crippen molar-refractivity contribution in [1.29, 1.82) is 0 Å². The normalized spacial score (nSPS) is 20.1. The van der Waals surface area contributed by atoms with Crippen molar-refractivity contribution >= 4 is 23.6 Å². The van der Waals surface area contributed by atoms with Gasteiger partial charge in [0.25, 0.3) is 5.91 Å². The van der Waals surface area contributed by atoms with Crippen LogP contribution in [0.25, 0.3) is 0 Å². The molecule has 2 saturated heterocycles. The molecule has 0 atom stereocenters. The van der Waals surface area contributed by atoms with Crippen LogP contribution in [0.5, 0.6) is 0 Å². The van der Waals surface area contributed by atoms with Crippen LogP contribution in [0.1, 0.15) is 50.4 Å². The Balaban J connectivity index is 1.67. The number of carbonyl (C=O) groups excluding carboxylic acids is 2. The van der Waals surface area contributed by atoms with Gasteiger partial charge in [0.05, 0.1) is 4.87 Å². The molecule has 25 heavy (non-hydrogen) atoms. The minimum Gasteiger partial charge on any atom is -0.342 e. The topological polar surface area (TPSA) is 40.6 Å². The van der Waals surface area contributed by atoms with Gasteiger partial charge in [0, 0.05) is 37.4 Å². The van der Waals surface area contributed by atoms with E-state index in [0.717, 1.165) is 43.8 Å². The molecule has 2 aliphatic heterocycles. The number of carbonyl (C=O) groups is 2. The molecule has 0 aromatic heterocycles. The van der Waals surface area contributed by atoms with E-state index in [1.54, 1.807) is 0 Å². The van der Waals surface area contributed by atoms with Crippen LogP contribution in [-0.2, 0) is 4.79 Å². The molecule has 1 aromatic carbocycles. The second-order valence-electron chi connectivity index (χ2n) is 8.24. The van der Waals surface area contributed by atoms with Crippen LogP contribution in [0.4, 0.5) is 0 Å². The number of hydrogen-bond acceptors (Lipinski definition) is 3. The zero-order valence-electron chi connectivity index (χ0n) is 15.5. The fourth-order valence-corrected chi connectivity index (χ4v) is 5.17. The van der Waals surface area contributed by atoms with E-state index in [-0.39, 0.29) is 22.1 Å². The molecule has 1 aromatic rings. The summed E-state index contributed by atoms with van der Waals surface area (Å²) in [5.41, 5.74) is 0.777. The Morgan fingerprint density at radius 2 is 1.72 bits per heavy atom. The summed E-state index contributed by atoms with van der Waals surface area (Å²) in [6, 6.07) is 9.54. The second-order valence-corrected chi connectivity index (χ2v) is 9.69. The maximum atomic E-state index is 13.0. The first-order chi connectivity index (χ1) is 11.8. The highest BCUT2D eigenvalue weighted by molar-refractivity contribution is 8.00. The van der Waals surface area contributed by atoms with E-state index in [1.165, 1.54) is 0 Å². The predicted octanol–water partition coefficient (Wildman–Crippen LogP) is 3.63. The molecule has 0 unspecified atom stereocenters. The van der Waals surface area contributed by atoms with Crippen molar-refractivity contribution in [2.75, 3.05) is 25.4 Å². The molecule has 5 heteroatoms. The van der Waals surface area contributed by atoms with Crippen LogP contribution in [0.3, 0.4) is 0 Å². The summed E-state index contributed by atoms with van der Waals surface area (Å²) < 4.78 is 0. The summed E-state index contributed by atoms with van der Waals surface area (Å²) in [5, 5.41) is 0. The van der Waals surface area contributed by atoms with Gasteiger partial charge in [-0.3, -0.25) is 9.59 Å². The van der Waals surface area contributed by atoms with E-state index in [1.807, 2.05) is 47.0 Å². The third kappa shape index (κ3) is 4.02. The molecule has 0 saturated carbocycles. The van der Waals surface area contributed by atoms with Gasteiger partial charge in [-0.2, -0.15) is 0 Å². The number of piperidine rings is 1. The number of rotatable bonds is 2. The summed E-state index contributed by atoms with van der Waals surface area (Å²) in [4.78, 5) is 29.4. The number of amides is 2. The molecule has 0 N–H and O–H groups in total. The Morgan fingerprint density at radius 1 is 1.08 bits per heavy atom. The molecule has 0 aliphatic carbocycles.